The zero-order valence-electron chi connectivity index (χ0n) is 12.3. The van der Waals surface area contributed by atoms with Gasteiger partial charge in [-0.15, -0.1) is 0 Å². The first-order valence-electron chi connectivity index (χ1n) is 7.46. The number of nitrogens with zero attached hydrogens (tertiary/aromatic N) is 1. The highest BCUT2D eigenvalue weighted by atomic mass is 79.9. The zero-order valence-corrected chi connectivity index (χ0v) is 13.9. The van der Waals surface area contributed by atoms with Crippen LogP contribution in [0.25, 0.3) is 0 Å². The van der Waals surface area contributed by atoms with Gasteiger partial charge >= 0.3 is 0 Å². The maximum Gasteiger partial charge on any atom is 0.0510 e. The Morgan fingerprint density at radius 3 is 2.21 bits per heavy atom. The Labute approximate surface area is 126 Å². The molecular formula is C16H27BrN2. The molecular weight excluding hydrogens is 300 g/mol. The minimum Gasteiger partial charge on any atom is -0.371 e. The average Bonchev–Trinajstić information content (AvgIpc) is 2.40. The van der Waals surface area contributed by atoms with Crippen molar-refractivity contribution in [3.05, 3.63) is 28.2 Å². The lowest BCUT2D eigenvalue weighted by atomic mass is 10.1. The van der Waals surface area contributed by atoms with Crippen LogP contribution in [0.1, 0.15) is 45.1 Å². The summed E-state index contributed by atoms with van der Waals surface area (Å²) < 4.78 is 1.20. The third-order valence-electron chi connectivity index (χ3n) is 3.35. The third-order valence-corrected chi connectivity index (χ3v) is 3.98. The molecule has 19 heavy (non-hydrogen) atoms. The maximum absolute atomic E-state index is 5.61. The number of hydrogen-bond donors (Lipinski definition) is 1. The minimum absolute atomic E-state index is 0.709. The van der Waals surface area contributed by atoms with Gasteiger partial charge in [0.15, 0.2) is 0 Å². The second-order valence-corrected chi connectivity index (χ2v) is 5.87. The Hall–Kier alpha value is -0.540. The van der Waals surface area contributed by atoms with E-state index in [-0.39, 0.29) is 0 Å². The predicted octanol–water partition coefficient (Wildman–Crippen LogP) is 4.36. The zero-order chi connectivity index (χ0) is 14.1. The van der Waals surface area contributed by atoms with Gasteiger partial charge in [-0.3, -0.25) is 0 Å². The molecule has 2 nitrogen and oxygen atoms in total. The van der Waals surface area contributed by atoms with Crippen LogP contribution >= 0.6 is 15.9 Å². The van der Waals surface area contributed by atoms with Crippen molar-refractivity contribution in [2.75, 3.05) is 24.5 Å². The van der Waals surface area contributed by atoms with Crippen molar-refractivity contribution in [3.63, 3.8) is 0 Å². The Balaban J connectivity index is 2.81. The summed E-state index contributed by atoms with van der Waals surface area (Å²) in [4.78, 5) is 2.50. The fourth-order valence-electron chi connectivity index (χ4n) is 2.18. The van der Waals surface area contributed by atoms with Gasteiger partial charge in [0.25, 0.3) is 0 Å². The highest BCUT2D eigenvalue weighted by molar-refractivity contribution is 9.10. The molecule has 0 bridgehead atoms. The van der Waals surface area contributed by atoms with Crippen LogP contribution in [-0.4, -0.2) is 19.6 Å². The van der Waals surface area contributed by atoms with Gasteiger partial charge in [0.2, 0.25) is 0 Å². The van der Waals surface area contributed by atoms with Gasteiger partial charge < -0.3 is 10.6 Å². The Morgan fingerprint density at radius 1 is 1.11 bits per heavy atom. The molecule has 1 rings (SSSR count). The fourth-order valence-corrected chi connectivity index (χ4v) is 2.86. The average molecular weight is 327 g/mol. The molecule has 0 aliphatic carbocycles. The summed E-state index contributed by atoms with van der Waals surface area (Å²) in [5.41, 5.74) is 8.25. The quantitative estimate of drug-likeness (QED) is 0.730. The first kappa shape index (κ1) is 16.5. The normalized spacial score (nSPS) is 10.7. The molecule has 1 aromatic carbocycles. The number of hydrogen-bond acceptors (Lipinski definition) is 2. The molecule has 0 fully saturated rings. The van der Waals surface area contributed by atoms with E-state index in [4.69, 9.17) is 5.73 Å². The smallest absolute Gasteiger partial charge is 0.0510 e. The molecule has 108 valence electrons. The molecule has 0 saturated carbocycles. The summed E-state index contributed by atoms with van der Waals surface area (Å²) in [5.74, 6) is 0. The van der Waals surface area contributed by atoms with Crippen LogP contribution in [0.3, 0.4) is 0 Å². The third kappa shape index (κ3) is 5.53. The van der Waals surface area contributed by atoms with E-state index in [2.05, 4.69) is 52.9 Å². The van der Waals surface area contributed by atoms with Crippen LogP contribution in [0.5, 0.6) is 0 Å². The van der Waals surface area contributed by atoms with Gasteiger partial charge in [0.1, 0.15) is 0 Å². The van der Waals surface area contributed by atoms with E-state index >= 15 is 0 Å². The van der Waals surface area contributed by atoms with Crippen molar-refractivity contribution in [2.24, 2.45) is 5.73 Å². The highest BCUT2D eigenvalue weighted by Gasteiger charge is 2.09. The number of rotatable bonds is 9. The lowest BCUT2D eigenvalue weighted by Gasteiger charge is -2.26. The van der Waals surface area contributed by atoms with Crippen molar-refractivity contribution in [2.45, 2.75) is 46.0 Å². The summed E-state index contributed by atoms with van der Waals surface area (Å²) in [6.07, 6.45) is 5.93. The SMILES string of the molecule is CCCCN(CCCC)c1ccc(CCN)cc1Br. The minimum atomic E-state index is 0.709. The first-order chi connectivity index (χ1) is 9.22. The molecule has 0 radical (unpaired) electrons. The summed E-state index contributed by atoms with van der Waals surface area (Å²) in [6.45, 7) is 7.49. The van der Waals surface area contributed by atoms with Gasteiger partial charge in [-0.05, 0) is 59.4 Å². The van der Waals surface area contributed by atoms with E-state index in [1.807, 2.05) is 0 Å². The number of unbranched alkanes of at least 4 members (excludes halogenated alkanes) is 2. The van der Waals surface area contributed by atoms with Crippen molar-refractivity contribution < 1.29 is 0 Å². The number of benzene rings is 1. The Bertz CT molecular complexity index is 358. The van der Waals surface area contributed by atoms with Gasteiger partial charge in [-0.25, -0.2) is 0 Å². The molecule has 0 heterocycles. The fraction of sp³-hybridized carbons (Fsp3) is 0.625. The molecule has 0 aromatic heterocycles. The molecule has 0 aliphatic rings. The molecule has 0 spiro atoms. The second kappa shape index (κ2) is 9.38. The summed E-state index contributed by atoms with van der Waals surface area (Å²) in [7, 11) is 0. The topological polar surface area (TPSA) is 29.3 Å². The van der Waals surface area contributed by atoms with Crippen molar-refractivity contribution in [3.8, 4) is 0 Å². The summed E-state index contributed by atoms with van der Waals surface area (Å²) >= 11 is 3.72. The standard InChI is InChI=1S/C16H27BrN2/c1-3-5-11-19(12-6-4-2)16-8-7-14(9-10-18)13-15(16)17/h7-8,13H,3-6,9-12,18H2,1-2H3. The van der Waals surface area contributed by atoms with Gasteiger partial charge in [-0.1, -0.05) is 32.8 Å². The van der Waals surface area contributed by atoms with Crippen molar-refractivity contribution >= 4 is 21.6 Å². The predicted molar refractivity (Wildman–Crippen MR) is 88.9 cm³/mol. The van der Waals surface area contributed by atoms with Gasteiger partial charge in [0.05, 0.1) is 5.69 Å². The molecule has 2 N–H and O–H groups in total. The van der Waals surface area contributed by atoms with Gasteiger partial charge in [0, 0.05) is 17.6 Å². The van der Waals surface area contributed by atoms with Crippen LogP contribution in [0.15, 0.2) is 22.7 Å². The lowest BCUT2D eigenvalue weighted by molar-refractivity contribution is 0.677. The van der Waals surface area contributed by atoms with E-state index in [9.17, 15) is 0 Å². The van der Waals surface area contributed by atoms with E-state index in [0.29, 0.717) is 6.54 Å². The number of anilines is 1. The van der Waals surface area contributed by atoms with Crippen LogP contribution in [0.4, 0.5) is 5.69 Å². The Kier molecular flexibility index (Phi) is 8.15. The van der Waals surface area contributed by atoms with E-state index in [0.717, 1.165) is 19.5 Å². The Morgan fingerprint density at radius 2 is 1.74 bits per heavy atom. The van der Waals surface area contributed by atoms with E-state index < -0.39 is 0 Å². The summed E-state index contributed by atoms with van der Waals surface area (Å²) in [6, 6.07) is 6.66. The van der Waals surface area contributed by atoms with Crippen LogP contribution in [-0.2, 0) is 6.42 Å². The van der Waals surface area contributed by atoms with Crippen LogP contribution in [0, 0.1) is 0 Å². The molecule has 0 amide bonds. The first-order valence-corrected chi connectivity index (χ1v) is 8.25. The van der Waals surface area contributed by atoms with Crippen molar-refractivity contribution in [1.82, 2.24) is 0 Å². The van der Waals surface area contributed by atoms with E-state index in [1.54, 1.807) is 0 Å². The molecule has 0 aliphatic heterocycles. The van der Waals surface area contributed by atoms with Crippen molar-refractivity contribution in [1.29, 1.82) is 0 Å². The molecule has 0 unspecified atom stereocenters. The van der Waals surface area contributed by atoms with Crippen LogP contribution in [0.2, 0.25) is 0 Å². The largest absolute Gasteiger partial charge is 0.371 e. The number of halogens is 1. The highest BCUT2D eigenvalue weighted by Crippen LogP contribution is 2.28. The monoisotopic (exact) mass is 326 g/mol. The molecule has 1 aromatic rings. The maximum atomic E-state index is 5.61. The molecule has 3 heteroatoms. The number of nitrogens with two attached hydrogens (primary N) is 1. The second-order valence-electron chi connectivity index (χ2n) is 5.02. The summed E-state index contributed by atoms with van der Waals surface area (Å²) in [5, 5.41) is 0. The molecule has 0 saturated heterocycles. The molecule has 0 atom stereocenters. The lowest BCUT2D eigenvalue weighted by Crippen LogP contribution is -2.26. The van der Waals surface area contributed by atoms with E-state index in [1.165, 1.54) is 41.4 Å². The van der Waals surface area contributed by atoms with Gasteiger partial charge in [-0.2, -0.15) is 0 Å². The van der Waals surface area contributed by atoms with Crippen LogP contribution < -0.4 is 10.6 Å².